The Kier molecular flexibility index (Phi) is 3.66. The van der Waals surface area contributed by atoms with Gasteiger partial charge in [0.05, 0.1) is 12.4 Å². The Bertz CT molecular complexity index is 1630. The zero-order valence-corrected chi connectivity index (χ0v) is 17.9. The van der Waals surface area contributed by atoms with Crippen molar-refractivity contribution in [1.82, 2.24) is 9.55 Å². The number of oxazole rings is 1. The molecule has 0 aliphatic rings. The molecule has 0 bridgehead atoms. The number of hydrogen-bond acceptors (Lipinski definition) is 3. The van der Waals surface area contributed by atoms with Crippen molar-refractivity contribution in [1.29, 1.82) is 0 Å². The largest absolute Gasteiger partial charge is 0.423 e. The standard InChI is InChI=1S/C26H22N3O2/c1-15-9-5-6-10-19(15)29-21-12-8-7-11-20(21)28(4)25(29)22-16(2)13-14-18-23-26(31-24(18)22)30-17(3)27-23/h5-14H,1-4H3/q+1. The van der Waals surface area contributed by atoms with Crippen molar-refractivity contribution >= 4 is 33.3 Å². The van der Waals surface area contributed by atoms with E-state index in [9.17, 15) is 0 Å². The number of benzene rings is 3. The second-order valence-corrected chi connectivity index (χ2v) is 8.10. The van der Waals surface area contributed by atoms with Crippen molar-refractivity contribution < 1.29 is 13.4 Å². The highest BCUT2D eigenvalue weighted by Crippen LogP contribution is 2.39. The van der Waals surface area contributed by atoms with Crippen LogP contribution < -0.4 is 4.57 Å². The molecule has 0 fully saturated rings. The zero-order chi connectivity index (χ0) is 21.3. The smallest absolute Gasteiger partial charge is 0.319 e. The first kappa shape index (κ1) is 18.0. The Morgan fingerprint density at radius 2 is 1.61 bits per heavy atom. The van der Waals surface area contributed by atoms with Crippen LogP contribution in [0.4, 0.5) is 0 Å². The summed E-state index contributed by atoms with van der Waals surface area (Å²) in [5.41, 5.74) is 8.41. The summed E-state index contributed by atoms with van der Waals surface area (Å²) < 4.78 is 16.5. The molecule has 0 atom stereocenters. The quantitative estimate of drug-likeness (QED) is 0.333. The third-order valence-corrected chi connectivity index (χ3v) is 6.11. The number of fused-ring (bicyclic) bond motifs is 4. The van der Waals surface area contributed by atoms with Gasteiger partial charge < -0.3 is 8.83 Å². The van der Waals surface area contributed by atoms with Gasteiger partial charge in [-0.05, 0) is 49.2 Å². The van der Waals surface area contributed by atoms with Gasteiger partial charge in [0.1, 0.15) is 11.3 Å². The predicted molar refractivity (Wildman–Crippen MR) is 121 cm³/mol. The zero-order valence-electron chi connectivity index (χ0n) is 17.9. The van der Waals surface area contributed by atoms with E-state index in [0.29, 0.717) is 11.7 Å². The van der Waals surface area contributed by atoms with Gasteiger partial charge in [-0.3, -0.25) is 0 Å². The maximum Gasteiger partial charge on any atom is 0.319 e. The molecule has 3 aromatic carbocycles. The van der Waals surface area contributed by atoms with E-state index in [1.54, 1.807) is 0 Å². The minimum atomic E-state index is 0.473. The molecule has 0 radical (unpaired) electrons. The lowest BCUT2D eigenvalue weighted by molar-refractivity contribution is -0.633. The fourth-order valence-electron chi connectivity index (χ4n) is 4.64. The molecular formula is C26H22N3O2+. The van der Waals surface area contributed by atoms with Gasteiger partial charge in [-0.2, -0.15) is 4.57 Å². The molecule has 5 heteroatoms. The highest BCUT2D eigenvalue weighted by atomic mass is 16.5. The Morgan fingerprint density at radius 3 is 2.45 bits per heavy atom. The van der Waals surface area contributed by atoms with Crippen LogP contribution in [0.3, 0.4) is 0 Å². The Hall–Kier alpha value is -3.86. The van der Waals surface area contributed by atoms with Gasteiger partial charge in [0.25, 0.3) is 5.82 Å². The molecule has 5 nitrogen and oxygen atoms in total. The summed E-state index contributed by atoms with van der Waals surface area (Å²) in [6.45, 7) is 6.11. The molecular weight excluding hydrogens is 386 g/mol. The summed E-state index contributed by atoms with van der Waals surface area (Å²) in [7, 11) is 2.11. The lowest BCUT2D eigenvalue weighted by atomic mass is 10.0. The first-order chi connectivity index (χ1) is 15.0. The molecule has 3 heterocycles. The van der Waals surface area contributed by atoms with Gasteiger partial charge in [-0.25, -0.2) is 9.55 Å². The first-order valence-electron chi connectivity index (χ1n) is 10.4. The molecule has 3 aromatic heterocycles. The maximum absolute atomic E-state index is 6.26. The predicted octanol–water partition coefficient (Wildman–Crippen LogP) is 5.93. The van der Waals surface area contributed by atoms with Crippen LogP contribution in [0.15, 0.2) is 69.5 Å². The van der Waals surface area contributed by atoms with Gasteiger partial charge in [-0.1, -0.05) is 36.4 Å². The van der Waals surface area contributed by atoms with Crippen LogP contribution >= 0.6 is 0 Å². The van der Waals surface area contributed by atoms with Crippen LogP contribution in [0.5, 0.6) is 0 Å². The summed E-state index contributed by atoms with van der Waals surface area (Å²) in [6, 6.07) is 21.2. The van der Waals surface area contributed by atoms with Crippen molar-refractivity contribution in [2.24, 2.45) is 7.05 Å². The van der Waals surface area contributed by atoms with E-state index in [1.807, 2.05) is 6.92 Å². The van der Waals surface area contributed by atoms with Crippen LogP contribution in [-0.2, 0) is 7.05 Å². The van der Waals surface area contributed by atoms with Crippen LogP contribution in [0.2, 0.25) is 0 Å². The maximum atomic E-state index is 6.26. The number of aromatic nitrogens is 3. The van der Waals surface area contributed by atoms with E-state index in [4.69, 9.17) is 8.83 Å². The monoisotopic (exact) mass is 408 g/mol. The molecule has 152 valence electrons. The Balaban J connectivity index is 1.81. The summed E-state index contributed by atoms with van der Waals surface area (Å²) in [6.07, 6.45) is 0. The van der Waals surface area contributed by atoms with Crippen molar-refractivity contribution in [3.63, 3.8) is 0 Å². The summed E-state index contributed by atoms with van der Waals surface area (Å²) in [4.78, 5) is 4.55. The molecule has 0 saturated carbocycles. The summed E-state index contributed by atoms with van der Waals surface area (Å²) in [5, 5.41) is 0.967. The van der Waals surface area contributed by atoms with Crippen LogP contribution in [0, 0.1) is 20.8 Å². The van der Waals surface area contributed by atoms with Crippen LogP contribution in [-0.4, -0.2) is 9.55 Å². The van der Waals surface area contributed by atoms with Crippen molar-refractivity contribution in [2.75, 3.05) is 0 Å². The minimum absolute atomic E-state index is 0.473. The number of furan rings is 1. The molecule has 0 unspecified atom stereocenters. The Labute approximate surface area is 179 Å². The van der Waals surface area contributed by atoms with E-state index in [2.05, 4.69) is 95.7 Å². The van der Waals surface area contributed by atoms with Gasteiger partial charge in [0.15, 0.2) is 28.0 Å². The summed E-state index contributed by atoms with van der Waals surface area (Å²) >= 11 is 0. The SMILES string of the molecule is Cc1nc2c(o1)oc1c(-c3n(-c4ccccc4C)c4ccccc4[n+]3C)c(C)ccc12. The second kappa shape index (κ2) is 6.32. The van der Waals surface area contributed by atoms with E-state index in [1.165, 1.54) is 5.56 Å². The summed E-state index contributed by atoms with van der Waals surface area (Å²) in [5.74, 6) is 2.14. The van der Waals surface area contributed by atoms with E-state index >= 15 is 0 Å². The van der Waals surface area contributed by atoms with Gasteiger partial charge in [-0.15, -0.1) is 0 Å². The van der Waals surface area contributed by atoms with E-state index in [0.717, 1.165) is 50.2 Å². The topological polar surface area (TPSA) is 48.0 Å². The highest BCUT2D eigenvalue weighted by Gasteiger charge is 2.31. The molecule has 6 rings (SSSR count). The molecule has 0 amide bonds. The van der Waals surface area contributed by atoms with Gasteiger partial charge >= 0.3 is 5.78 Å². The number of rotatable bonds is 2. The molecule has 0 spiro atoms. The number of para-hydroxylation sites is 3. The number of imidazole rings is 1. The molecule has 0 N–H and O–H groups in total. The third kappa shape index (κ3) is 2.43. The van der Waals surface area contributed by atoms with Crippen molar-refractivity contribution in [2.45, 2.75) is 20.8 Å². The van der Waals surface area contributed by atoms with Crippen LogP contribution in [0.25, 0.3) is 50.4 Å². The normalized spacial score (nSPS) is 11.9. The van der Waals surface area contributed by atoms with Gasteiger partial charge in [0, 0.05) is 6.92 Å². The lowest BCUT2D eigenvalue weighted by Crippen LogP contribution is -2.30. The minimum Gasteiger partial charge on any atom is -0.423 e. The van der Waals surface area contributed by atoms with E-state index < -0.39 is 0 Å². The number of nitrogens with zero attached hydrogens (tertiary/aromatic N) is 3. The first-order valence-corrected chi connectivity index (χ1v) is 10.4. The molecule has 6 aromatic rings. The van der Waals surface area contributed by atoms with Crippen molar-refractivity contribution in [3.8, 4) is 17.1 Å². The highest BCUT2D eigenvalue weighted by molar-refractivity contribution is 6.06. The average Bonchev–Trinajstić information content (AvgIpc) is 3.38. The fourth-order valence-corrected chi connectivity index (χ4v) is 4.64. The van der Waals surface area contributed by atoms with E-state index in [-0.39, 0.29) is 0 Å². The lowest BCUT2D eigenvalue weighted by Gasteiger charge is -2.09. The molecule has 0 aliphatic heterocycles. The molecule has 0 aliphatic carbocycles. The fraction of sp³-hybridized carbons (Fsp3) is 0.154. The molecule has 31 heavy (non-hydrogen) atoms. The second-order valence-electron chi connectivity index (χ2n) is 8.10. The average molecular weight is 408 g/mol. The third-order valence-electron chi connectivity index (χ3n) is 6.11. The molecule has 0 saturated heterocycles. The number of aryl methyl sites for hydroxylation is 4. The Morgan fingerprint density at radius 1 is 0.839 bits per heavy atom. The van der Waals surface area contributed by atoms with Crippen molar-refractivity contribution in [3.05, 3.63) is 77.7 Å². The number of hydrogen-bond donors (Lipinski definition) is 0. The van der Waals surface area contributed by atoms with Gasteiger partial charge in [0.2, 0.25) is 0 Å². The van der Waals surface area contributed by atoms with Crippen LogP contribution in [0.1, 0.15) is 17.0 Å².